The van der Waals surface area contributed by atoms with Crippen LogP contribution in [-0.2, 0) is 25.1 Å². The molecule has 2 unspecified atom stereocenters. The van der Waals surface area contributed by atoms with E-state index in [9.17, 15) is 24.1 Å². The number of hydrogen-bond acceptors (Lipinski definition) is 5. The third kappa shape index (κ3) is 7.82. The topological polar surface area (TPSA) is 113 Å². The van der Waals surface area contributed by atoms with Crippen molar-refractivity contribution in [3.05, 3.63) is 71.8 Å². The highest BCUT2D eigenvalue weighted by Crippen LogP contribution is 2.26. The van der Waals surface area contributed by atoms with Gasteiger partial charge in [-0.2, -0.15) is 0 Å². The molecule has 1 fully saturated rings. The van der Waals surface area contributed by atoms with Gasteiger partial charge in [-0.1, -0.05) is 48.5 Å². The molecule has 1 saturated heterocycles. The van der Waals surface area contributed by atoms with E-state index in [1.165, 1.54) is 4.90 Å². The fraction of sp³-hybridized carbons (Fsp3) is 0.400. The molecule has 0 saturated carbocycles. The van der Waals surface area contributed by atoms with E-state index in [0.29, 0.717) is 44.2 Å². The number of rotatable bonds is 12. The first-order chi connectivity index (χ1) is 16.4. The molecule has 0 spiro atoms. The minimum absolute atomic E-state index is 0.136. The van der Waals surface area contributed by atoms with Crippen LogP contribution in [0.15, 0.2) is 60.7 Å². The highest BCUT2D eigenvalue weighted by atomic mass is 31.1. The van der Waals surface area contributed by atoms with Crippen LogP contribution in [0.5, 0.6) is 0 Å². The number of carboxylic acids is 1. The van der Waals surface area contributed by atoms with Crippen LogP contribution in [-0.4, -0.2) is 59.2 Å². The standard InChI is InChI=1S/C25H31N2O6P/c28-23(27-15-7-14-22(27)25(30)31)18-34(32)33-16-8-13-21(17-19-9-3-1-4-10-19)26-24(29)20-11-5-2-6-12-20/h1-6,9-12,21-22,34H,7-8,13-18H2,(H,26,29)(H,30,31)/t21?,22-/m0/s1. The van der Waals surface area contributed by atoms with Crippen molar-refractivity contribution in [2.45, 2.75) is 44.2 Å². The van der Waals surface area contributed by atoms with Gasteiger partial charge in [-0.15, -0.1) is 0 Å². The van der Waals surface area contributed by atoms with Crippen LogP contribution in [0.25, 0.3) is 0 Å². The molecule has 182 valence electrons. The number of carbonyl (C=O) groups excluding carboxylic acids is 2. The van der Waals surface area contributed by atoms with Gasteiger partial charge >= 0.3 is 5.97 Å². The van der Waals surface area contributed by atoms with Crippen LogP contribution in [0.2, 0.25) is 0 Å². The number of nitrogens with one attached hydrogen (secondary N) is 1. The summed E-state index contributed by atoms with van der Waals surface area (Å²) in [5, 5.41) is 12.3. The molecule has 0 bridgehead atoms. The van der Waals surface area contributed by atoms with Crippen molar-refractivity contribution in [1.29, 1.82) is 0 Å². The summed E-state index contributed by atoms with van der Waals surface area (Å²) in [4.78, 5) is 37.5. The van der Waals surface area contributed by atoms with Crippen molar-refractivity contribution in [2.24, 2.45) is 0 Å². The van der Waals surface area contributed by atoms with E-state index >= 15 is 0 Å². The van der Waals surface area contributed by atoms with Crippen LogP contribution in [0.3, 0.4) is 0 Å². The molecule has 1 aliphatic rings. The number of aliphatic carboxylic acids is 1. The summed E-state index contributed by atoms with van der Waals surface area (Å²) < 4.78 is 17.7. The molecule has 0 aliphatic carbocycles. The molecule has 3 rings (SSSR count). The molecule has 3 atom stereocenters. The summed E-state index contributed by atoms with van der Waals surface area (Å²) in [6.45, 7) is 0.563. The van der Waals surface area contributed by atoms with Crippen molar-refractivity contribution < 1.29 is 28.6 Å². The number of hydrogen-bond donors (Lipinski definition) is 2. The maximum Gasteiger partial charge on any atom is 0.326 e. The first-order valence-electron chi connectivity index (χ1n) is 11.5. The molecule has 34 heavy (non-hydrogen) atoms. The Labute approximate surface area is 200 Å². The number of amides is 2. The second-order valence-corrected chi connectivity index (χ2v) is 9.74. The lowest BCUT2D eigenvalue weighted by Crippen LogP contribution is -2.41. The molecule has 2 aromatic rings. The molecular weight excluding hydrogens is 455 g/mol. The van der Waals surface area contributed by atoms with Crippen molar-refractivity contribution in [3.63, 3.8) is 0 Å². The summed E-state index contributed by atoms with van der Waals surface area (Å²) in [5.74, 6) is -1.63. The maximum atomic E-state index is 12.6. The third-order valence-electron chi connectivity index (χ3n) is 5.81. The van der Waals surface area contributed by atoms with Crippen LogP contribution in [0, 0.1) is 0 Å². The zero-order valence-electron chi connectivity index (χ0n) is 19.0. The molecule has 9 heteroatoms. The predicted molar refractivity (Wildman–Crippen MR) is 129 cm³/mol. The average Bonchev–Trinajstić information content (AvgIpc) is 3.34. The van der Waals surface area contributed by atoms with Crippen LogP contribution >= 0.6 is 8.03 Å². The molecule has 1 heterocycles. The van der Waals surface area contributed by atoms with Crippen LogP contribution in [0.4, 0.5) is 0 Å². The number of carboxylic acid groups (broad SMARTS) is 1. The van der Waals surface area contributed by atoms with E-state index in [1.54, 1.807) is 12.1 Å². The van der Waals surface area contributed by atoms with Gasteiger partial charge in [-0.05, 0) is 49.8 Å². The predicted octanol–water partition coefficient (Wildman–Crippen LogP) is 3.37. The first kappa shape index (κ1) is 25.7. The Morgan fingerprint density at radius 1 is 1.09 bits per heavy atom. The Kier molecular flexibility index (Phi) is 9.86. The van der Waals surface area contributed by atoms with Gasteiger partial charge in [0.15, 0.2) is 0 Å². The first-order valence-corrected chi connectivity index (χ1v) is 13.0. The fourth-order valence-electron chi connectivity index (χ4n) is 4.10. The van der Waals surface area contributed by atoms with Gasteiger partial charge in [-0.25, -0.2) is 4.79 Å². The SMILES string of the molecule is O=C(NC(CCCO[PH](=O)CC(=O)N1CCC[C@H]1C(=O)O)Cc1ccccc1)c1ccccc1. The van der Waals surface area contributed by atoms with Gasteiger partial charge in [0.05, 0.1) is 6.61 Å². The number of nitrogens with zero attached hydrogens (tertiary/aromatic N) is 1. The lowest BCUT2D eigenvalue weighted by molar-refractivity contribution is -0.147. The molecule has 2 N–H and O–H groups in total. The van der Waals surface area contributed by atoms with Crippen molar-refractivity contribution in [1.82, 2.24) is 10.2 Å². The smallest absolute Gasteiger partial charge is 0.326 e. The molecule has 1 aliphatic heterocycles. The van der Waals surface area contributed by atoms with E-state index in [0.717, 1.165) is 5.56 Å². The Bertz CT molecular complexity index is 985. The van der Waals surface area contributed by atoms with Crippen molar-refractivity contribution >= 4 is 25.8 Å². The molecule has 0 aromatic heterocycles. The summed E-state index contributed by atoms with van der Waals surface area (Å²) in [7, 11) is -2.62. The summed E-state index contributed by atoms with van der Waals surface area (Å²) in [5.41, 5.74) is 1.68. The van der Waals surface area contributed by atoms with Crippen LogP contribution < -0.4 is 5.32 Å². The van der Waals surface area contributed by atoms with Gasteiger partial charge in [-0.3, -0.25) is 14.2 Å². The quantitative estimate of drug-likeness (QED) is 0.351. The monoisotopic (exact) mass is 486 g/mol. The Balaban J connectivity index is 1.47. The second kappa shape index (κ2) is 13.1. The fourth-order valence-corrected chi connectivity index (χ4v) is 5.02. The summed E-state index contributed by atoms with van der Waals surface area (Å²) >= 11 is 0. The van der Waals surface area contributed by atoms with E-state index in [1.807, 2.05) is 48.5 Å². The Morgan fingerprint density at radius 2 is 1.76 bits per heavy atom. The van der Waals surface area contributed by atoms with Gasteiger partial charge in [0, 0.05) is 18.2 Å². The molecule has 8 nitrogen and oxygen atoms in total. The van der Waals surface area contributed by atoms with Gasteiger partial charge in [0.1, 0.15) is 12.2 Å². The summed E-state index contributed by atoms with van der Waals surface area (Å²) in [6.07, 6.45) is 2.58. The maximum absolute atomic E-state index is 12.6. The molecular formula is C25H31N2O6P. The van der Waals surface area contributed by atoms with Gasteiger partial charge in [0.2, 0.25) is 13.9 Å². The lowest BCUT2D eigenvalue weighted by Gasteiger charge is -2.21. The highest BCUT2D eigenvalue weighted by molar-refractivity contribution is 7.40. The van der Waals surface area contributed by atoms with Crippen LogP contribution in [0.1, 0.15) is 41.6 Å². The van der Waals surface area contributed by atoms with E-state index in [-0.39, 0.29) is 24.7 Å². The van der Waals surface area contributed by atoms with E-state index < -0.39 is 25.9 Å². The van der Waals surface area contributed by atoms with Crippen molar-refractivity contribution in [2.75, 3.05) is 19.3 Å². The van der Waals surface area contributed by atoms with E-state index in [4.69, 9.17) is 4.52 Å². The Morgan fingerprint density at radius 3 is 2.44 bits per heavy atom. The number of benzene rings is 2. The molecule has 2 amide bonds. The average molecular weight is 487 g/mol. The zero-order chi connectivity index (χ0) is 24.3. The normalized spacial score (nSPS) is 17.2. The number of carbonyl (C=O) groups is 3. The third-order valence-corrected chi connectivity index (χ3v) is 6.93. The second-order valence-electron chi connectivity index (χ2n) is 8.35. The largest absolute Gasteiger partial charge is 0.480 e. The Hall–Kier alpha value is -2.96. The lowest BCUT2D eigenvalue weighted by atomic mass is 10.0. The molecule has 0 radical (unpaired) electrons. The van der Waals surface area contributed by atoms with Gasteiger partial charge < -0.3 is 19.8 Å². The minimum Gasteiger partial charge on any atom is -0.480 e. The number of likely N-dealkylation sites (tertiary alicyclic amines) is 1. The van der Waals surface area contributed by atoms with Gasteiger partial charge in [0.25, 0.3) is 5.91 Å². The molecule has 2 aromatic carbocycles. The zero-order valence-corrected chi connectivity index (χ0v) is 20.0. The van der Waals surface area contributed by atoms with Crippen molar-refractivity contribution in [3.8, 4) is 0 Å². The van der Waals surface area contributed by atoms with E-state index in [2.05, 4.69) is 5.32 Å². The highest BCUT2D eigenvalue weighted by Gasteiger charge is 2.34. The minimum atomic E-state index is -2.62. The summed E-state index contributed by atoms with van der Waals surface area (Å²) in [6, 6.07) is 17.9.